The van der Waals surface area contributed by atoms with E-state index < -0.39 is 0 Å². The Morgan fingerprint density at radius 2 is 2.13 bits per heavy atom. The van der Waals surface area contributed by atoms with Crippen LogP contribution in [0.2, 0.25) is 0 Å². The van der Waals surface area contributed by atoms with Crippen LogP contribution in [0.4, 0.5) is 4.39 Å². The molecular formula is C17H19FN2O2S. The van der Waals surface area contributed by atoms with Gasteiger partial charge >= 0.3 is 0 Å². The molecule has 1 aliphatic rings. The smallest absolute Gasteiger partial charge is 0.261 e. The summed E-state index contributed by atoms with van der Waals surface area (Å²) in [5, 5.41) is 4.84. The van der Waals surface area contributed by atoms with Gasteiger partial charge in [-0.2, -0.15) is 0 Å². The second-order valence-corrected chi connectivity index (χ2v) is 6.35. The lowest BCUT2D eigenvalue weighted by Gasteiger charge is -2.34. The first-order valence-electron chi connectivity index (χ1n) is 7.63. The minimum absolute atomic E-state index is 0.0569. The number of carbonyl (C=O) groups excluding carboxylic acids is 1. The molecule has 1 saturated heterocycles. The van der Waals surface area contributed by atoms with Crippen molar-refractivity contribution in [2.24, 2.45) is 0 Å². The van der Waals surface area contributed by atoms with Gasteiger partial charge in [-0.15, -0.1) is 11.3 Å². The number of rotatable bonds is 5. The van der Waals surface area contributed by atoms with Crippen molar-refractivity contribution < 1.29 is 13.9 Å². The van der Waals surface area contributed by atoms with E-state index in [0.717, 1.165) is 18.7 Å². The molecule has 2 heterocycles. The minimum atomic E-state index is -0.259. The van der Waals surface area contributed by atoms with Crippen LogP contribution in [0.1, 0.15) is 21.3 Å². The van der Waals surface area contributed by atoms with Crippen LogP contribution in [0, 0.1) is 5.82 Å². The van der Waals surface area contributed by atoms with E-state index in [-0.39, 0.29) is 17.8 Å². The molecule has 1 atom stereocenters. The highest BCUT2D eigenvalue weighted by atomic mass is 32.1. The lowest BCUT2D eigenvalue weighted by molar-refractivity contribution is 0.0162. The van der Waals surface area contributed by atoms with E-state index in [0.29, 0.717) is 24.6 Å². The molecule has 0 spiro atoms. The Morgan fingerprint density at radius 1 is 1.30 bits per heavy atom. The summed E-state index contributed by atoms with van der Waals surface area (Å²) in [6, 6.07) is 10.2. The molecule has 23 heavy (non-hydrogen) atoms. The molecule has 3 rings (SSSR count). The zero-order chi connectivity index (χ0) is 16.1. The number of hydrogen-bond donors (Lipinski definition) is 1. The van der Waals surface area contributed by atoms with Gasteiger partial charge < -0.3 is 10.1 Å². The van der Waals surface area contributed by atoms with Crippen LogP contribution >= 0.6 is 11.3 Å². The van der Waals surface area contributed by atoms with Gasteiger partial charge in [-0.3, -0.25) is 9.69 Å². The molecule has 122 valence electrons. The summed E-state index contributed by atoms with van der Waals surface area (Å²) in [4.78, 5) is 15.1. The summed E-state index contributed by atoms with van der Waals surface area (Å²) in [7, 11) is 0. The maximum Gasteiger partial charge on any atom is 0.261 e. The number of amides is 1. The largest absolute Gasteiger partial charge is 0.379 e. The monoisotopic (exact) mass is 334 g/mol. The summed E-state index contributed by atoms with van der Waals surface area (Å²) in [6.07, 6.45) is 0. The van der Waals surface area contributed by atoms with Gasteiger partial charge in [-0.1, -0.05) is 18.2 Å². The van der Waals surface area contributed by atoms with E-state index in [1.807, 2.05) is 17.5 Å². The van der Waals surface area contributed by atoms with Gasteiger partial charge in [0.1, 0.15) is 5.82 Å². The highest BCUT2D eigenvalue weighted by Crippen LogP contribution is 2.22. The van der Waals surface area contributed by atoms with Crippen molar-refractivity contribution in [1.82, 2.24) is 10.2 Å². The number of carbonyl (C=O) groups is 1. The molecule has 4 nitrogen and oxygen atoms in total. The maximum absolute atomic E-state index is 13.6. The van der Waals surface area contributed by atoms with Gasteiger partial charge in [0, 0.05) is 19.6 Å². The second-order valence-electron chi connectivity index (χ2n) is 5.41. The van der Waals surface area contributed by atoms with Crippen LogP contribution in [0.25, 0.3) is 0 Å². The Kier molecular flexibility index (Phi) is 5.38. The second kappa shape index (κ2) is 7.68. The average Bonchev–Trinajstić information content (AvgIpc) is 3.10. The Hall–Kier alpha value is -1.76. The predicted molar refractivity (Wildman–Crippen MR) is 88.2 cm³/mol. The minimum Gasteiger partial charge on any atom is -0.379 e. The SMILES string of the molecule is O=C(NCC(c1cccc(F)c1)N1CCOCC1)c1cccs1. The normalized spacial score (nSPS) is 16.9. The molecule has 0 saturated carbocycles. The molecular weight excluding hydrogens is 315 g/mol. The summed E-state index contributed by atoms with van der Waals surface area (Å²) in [5.74, 6) is -0.347. The van der Waals surface area contributed by atoms with E-state index in [1.54, 1.807) is 12.1 Å². The number of hydrogen-bond acceptors (Lipinski definition) is 4. The number of thiophene rings is 1. The zero-order valence-corrected chi connectivity index (χ0v) is 13.5. The number of nitrogens with zero attached hydrogens (tertiary/aromatic N) is 1. The van der Waals surface area contributed by atoms with Gasteiger partial charge in [0.25, 0.3) is 5.91 Å². The van der Waals surface area contributed by atoms with Crippen LogP contribution in [0.15, 0.2) is 41.8 Å². The van der Waals surface area contributed by atoms with Gasteiger partial charge in [-0.25, -0.2) is 4.39 Å². The highest BCUT2D eigenvalue weighted by Gasteiger charge is 2.23. The third kappa shape index (κ3) is 4.16. The van der Waals surface area contributed by atoms with Crippen molar-refractivity contribution in [3.63, 3.8) is 0 Å². The van der Waals surface area contributed by atoms with Crippen molar-refractivity contribution in [1.29, 1.82) is 0 Å². The quantitative estimate of drug-likeness (QED) is 0.914. The van der Waals surface area contributed by atoms with E-state index in [1.165, 1.54) is 23.5 Å². The molecule has 0 radical (unpaired) electrons. The first-order chi connectivity index (χ1) is 11.2. The third-order valence-electron chi connectivity index (χ3n) is 3.92. The molecule has 0 aliphatic carbocycles. The van der Waals surface area contributed by atoms with Crippen LogP contribution in [-0.2, 0) is 4.74 Å². The van der Waals surface area contributed by atoms with Gasteiger partial charge in [0.2, 0.25) is 0 Å². The fourth-order valence-corrected chi connectivity index (χ4v) is 3.39. The van der Waals surface area contributed by atoms with Crippen molar-refractivity contribution in [3.05, 3.63) is 58.0 Å². The molecule has 0 bridgehead atoms. The van der Waals surface area contributed by atoms with E-state index >= 15 is 0 Å². The fraction of sp³-hybridized carbons (Fsp3) is 0.353. The Bertz CT molecular complexity index is 642. The van der Waals surface area contributed by atoms with Crippen LogP contribution in [-0.4, -0.2) is 43.7 Å². The Morgan fingerprint density at radius 3 is 2.83 bits per heavy atom. The standard InChI is InChI=1S/C17H19FN2O2S/c18-14-4-1-3-13(11-14)15(20-6-8-22-9-7-20)12-19-17(21)16-5-2-10-23-16/h1-5,10-11,15H,6-9,12H2,(H,19,21). The lowest BCUT2D eigenvalue weighted by atomic mass is 10.0. The number of benzene rings is 1. The molecule has 1 amide bonds. The number of halogens is 1. The first kappa shape index (κ1) is 16.1. The first-order valence-corrected chi connectivity index (χ1v) is 8.51. The van der Waals surface area contributed by atoms with Crippen molar-refractivity contribution >= 4 is 17.2 Å². The highest BCUT2D eigenvalue weighted by molar-refractivity contribution is 7.12. The van der Waals surface area contributed by atoms with E-state index in [4.69, 9.17) is 4.74 Å². The molecule has 1 aliphatic heterocycles. The molecule has 2 aromatic rings. The maximum atomic E-state index is 13.6. The lowest BCUT2D eigenvalue weighted by Crippen LogP contribution is -2.43. The van der Waals surface area contributed by atoms with E-state index in [2.05, 4.69) is 10.2 Å². The third-order valence-corrected chi connectivity index (χ3v) is 4.79. The Labute approximate surface area is 138 Å². The van der Waals surface area contributed by atoms with Gasteiger partial charge in [0.05, 0.1) is 24.1 Å². The zero-order valence-electron chi connectivity index (χ0n) is 12.7. The summed E-state index contributed by atoms with van der Waals surface area (Å²) in [6.45, 7) is 3.31. The molecule has 1 aromatic carbocycles. The summed E-state index contributed by atoms with van der Waals surface area (Å²) < 4.78 is 19.0. The Balaban J connectivity index is 1.73. The van der Waals surface area contributed by atoms with E-state index in [9.17, 15) is 9.18 Å². The molecule has 1 unspecified atom stereocenters. The predicted octanol–water partition coefficient (Wildman–Crippen LogP) is 2.69. The van der Waals surface area contributed by atoms with Gasteiger partial charge in [0.15, 0.2) is 0 Å². The van der Waals surface area contributed by atoms with Crippen molar-refractivity contribution in [2.75, 3.05) is 32.8 Å². The summed E-state index contributed by atoms with van der Waals surface area (Å²) in [5.41, 5.74) is 0.873. The van der Waals surface area contributed by atoms with Crippen molar-refractivity contribution in [3.8, 4) is 0 Å². The fourth-order valence-electron chi connectivity index (χ4n) is 2.75. The summed E-state index contributed by atoms with van der Waals surface area (Å²) >= 11 is 1.41. The molecule has 1 fully saturated rings. The van der Waals surface area contributed by atoms with Crippen molar-refractivity contribution in [2.45, 2.75) is 6.04 Å². The van der Waals surface area contributed by atoms with Crippen LogP contribution in [0.3, 0.4) is 0 Å². The molecule has 6 heteroatoms. The van der Waals surface area contributed by atoms with Crippen LogP contribution in [0.5, 0.6) is 0 Å². The molecule has 1 N–H and O–H groups in total. The number of nitrogens with one attached hydrogen (secondary N) is 1. The average molecular weight is 334 g/mol. The number of morpholine rings is 1. The number of ether oxygens (including phenoxy) is 1. The van der Waals surface area contributed by atoms with Crippen LogP contribution < -0.4 is 5.32 Å². The van der Waals surface area contributed by atoms with Gasteiger partial charge in [-0.05, 0) is 29.1 Å². The molecule has 1 aromatic heterocycles. The topological polar surface area (TPSA) is 41.6 Å².